The van der Waals surface area contributed by atoms with E-state index in [4.69, 9.17) is 5.11 Å². The van der Waals surface area contributed by atoms with Gasteiger partial charge in [-0.25, -0.2) is 4.79 Å². The molecule has 0 radical (unpaired) electrons. The van der Waals surface area contributed by atoms with Crippen molar-refractivity contribution in [2.75, 3.05) is 5.32 Å². The minimum atomic E-state index is -0.963. The van der Waals surface area contributed by atoms with Gasteiger partial charge in [0.15, 0.2) is 0 Å². The SMILES string of the molecule is O=C(O)c1ccc(NC(=O)C2CC3CCC2N3)cc1. The van der Waals surface area contributed by atoms with E-state index in [1.54, 1.807) is 12.1 Å². The summed E-state index contributed by atoms with van der Waals surface area (Å²) in [6.07, 6.45) is 3.15. The van der Waals surface area contributed by atoms with Crippen molar-refractivity contribution in [2.45, 2.75) is 31.3 Å². The fourth-order valence-electron chi connectivity index (χ4n) is 3.05. The van der Waals surface area contributed by atoms with Gasteiger partial charge in [-0.05, 0) is 43.5 Å². The van der Waals surface area contributed by atoms with E-state index in [0.717, 1.165) is 12.8 Å². The lowest BCUT2D eigenvalue weighted by atomic mass is 9.88. The molecule has 3 rings (SSSR count). The third-order valence-corrected chi connectivity index (χ3v) is 4.04. The molecular weight excluding hydrogens is 244 g/mol. The summed E-state index contributed by atoms with van der Waals surface area (Å²) in [5, 5.41) is 15.1. The molecule has 3 unspecified atom stereocenters. The molecule has 3 N–H and O–H groups in total. The first-order valence-electron chi connectivity index (χ1n) is 6.54. The molecule has 5 heteroatoms. The molecule has 5 nitrogen and oxygen atoms in total. The van der Waals surface area contributed by atoms with Gasteiger partial charge in [0.25, 0.3) is 0 Å². The number of rotatable bonds is 3. The van der Waals surface area contributed by atoms with Crippen molar-refractivity contribution in [3.63, 3.8) is 0 Å². The highest BCUT2D eigenvalue weighted by molar-refractivity contribution is 5.94. The van der Waals surface area contributed by atoms with Crippen molar-refractivity contribution < 1.29 is 14.7 Å². The Morgan fingerprint density at radius 2 is 1.95 bits per heavy atom. The van der Waals surface area contributed by atoms with Crippen molar-refractivity contribution in [3.8, 4) is 0 Å². The number of hydrogen-bond donors (Lipinski definition) is 3. The fraction of sp³-hybridized carbons (Fsp3) is 0.429. The molecule has 2 heterocycles. The number of nitrogens with one attached hydrogen (secondary N) is 2. The van der Waals surface area contributed by atoms with Gasteiger partial charge in [0.1, 0.15) is 0 Å². The summed E-state index contributed by atoms with van der Waals surface area (Å²) in [7, 11) is 0. The molecule has 0 spiro atoms. The lowest BCUT2D eigenvalue weighted by Gasteiger charge is -2.19. The maximum absolute atomic E-state index is 12.2. The van der Waals surface area contributed by atoms with Gasteiger partial charge in [-0.3, -0.25) is 4.79 Å². The van der Waals surface area contributed by atoms with E-state index in [1.165, 1.54) is 18.6 Å². The van der Waals surface area contributed by atoms with Gasteiger partial charge in [-0.1, -0.05) is 0 Å². The Morgan fingerprint density at radius 3 is 2.47 bits per heavy atom. The number of benzene rings is 1. The van der Waals surface area contributed by atoms with Crippen molar-refractivity contribution in [1.29, 1.82) is 0 Å². The molecule has 2 aliphatic heterocycles. The van der Waals surface area contributed by atoms with Crippen LogP contribution in [0, 0.1) is 5.92 Å². The van der Waals surface area contributed by atoms with E-state index in [1.807, 2.05) is 0 Å². The number of aromatic carboxylic acids is 1. The molecule has 3 atom stereocenters. The molecule has 1 aromatic carbocycles. The molecule has 0 saturated carbocycles. The van der Waals surface area contributed by atoms with Crippen LogP contribution in [-0.2, 0) is 4.79 Å². The number of carboxylic acids is 1. The average Bonchev–Trinajstić information content (AvgIpc) is 3.01. The summed E-state index contributed by atoms with van der Waals surface area (Å²) in [5.74, 6) is -0.893. The van der Waals surface area contributed by atoms with Gasteiger partial charge >= 0.3 is 5.97 Å². The Bertz CT molecular complexity index is 512. The van der Waals surface area contributed by atoms with Gasteiger partial charge in [-0.15, -0.1) is 0 Å². The van der Waals surface area contributed by atoms with Gasteiger partial charge in [0, 0.05) is 17.8 Å². The predicted octanol–water partition coefficient (Wildman–Crippen LogP) is 1.46. The minimum Gasteiger partial charge on any atom is -0.478 e. The van der Waals surface area contributed by atoms with Crippen LogP contribution >= 0.6 is 0 Å². The summed E-state index contributed by atoms with van der Waals surface area (Å²) in [5.41, 5.74) is 0.873. The molecule has 19 heavy (non-hydrogen) atoms. The van der Waals surface area contributed by atoms with Crippen molar-refractivity contribution in [3.05, 3.63) is 29.8 Å². The smallest absolute Gasteiger partial charge is 0.335 e. The highest BCUT2D eigenvalue weighted by atomic mass is 16.4. The second kappa shape index (κ2) is 4.66. The van der Waals surface area contributed by atoms with Crippen LogP contribution < -0.4 is 10.6 Å². The molecule has 0 aromatic heterocycles. The van der Waals surface area contributed by atoms with Crippen molar-refractivity contribution in [1.82, 2.24) is 5.32 Å². The van der Waals surface area contributed by atoms with Crippen LogP contribution in [0.15, 0.2) is 24.3 Å². The number of carbonyl (C=O) groups excluding carboxylic acids is 1. The molecular formula is C14H16N2O3. The zero-order chi connectivity index (χ0) is 13.4. The Kier molecular flexibility index (Phi) is 2.98. The van der Waals surface area contributed by atoms with Crippen LogP contribution in [0.1, 0.15) is 29.6 Å². The number of carbonyl (C=O) groups is 2. The standard InChI is InChI=1S/C14H16N2O3/c17-13(11-7-10-5-6-12(11)15-10)16-9-3-1-8(2-4-9)14(18)19/h1-4,10-12,15H,5-7H2,(H,16,17)(H,18,19). The van der Waals surface area contributed by atoms with Gasteiger partial charge < -0.3 is 15.7 Å². The van der Waals surface area contributed by atoms with E-state index in [-0.39, 0.29) is 17.4 Å². The Balaban J connectivity index is 1.64. The summed E-state index contributed by atoms with van der Waals surface area (Å²) in [6, 6.07) is 7.05. The van der Waals surface area contributed by atoms with E-state index >= 15 is 0 Å². The molecule has 0 aliphatic carbocycles. The fourth-order valence-corrected chi connectivity index (χ4v) is 3.05. The maximum Gasteiger partial charge on any atom is 0.335 e. The Morgan fingerprint density at radius 1 is 1.21 bits per heavy atom. The zero-order valence-corrected chi connectivity index (χ0v) is 10.4. The van der Waals surface area contributed by atoms with E-state index in [2.05, 4.69) is 10.6 Å². The van der Waals surface area contributed by atoms with Gasteiger partial charge in [0.05, 0.1) is 11.5 Å². The predicted molar refractivity (Wildman–Crippen MR) is 70.1 cm³/mol. The Labute approximate surface area is 111 Å². The lowest BCUT2D eigenvalue weighted by Crippen LogP contribution is -2.32. The normalized spacial score (nSPS) is 28.3. The first-order chi connectivity index (χ1) is 9.13. The summed E-state index contributed by atoms with van der Waals surface area (Å²) < 4.78 is 0. The van der Waals surface area contributed by atoms with E-state index in [0.29, 0.717) is 17.8 Å². The number of anilines is 1. The Hall–Kier alpha value is -1.88. The van der Waals surface area contributed by atoms with Crippen LogP contribution in [-0.4, -0.2) is 29.1 Å². The molecule has 1 amide bonds. The van der Waals surface area contributed by atoms with Crippen LogP contribution in [0.3, 0.4) is 0 Å². The number of hydrogen-bond acceptors (Lipinski definition) is 3. The zero-order valence-electron chi connectivity index (χ0n) is 10.4. The average molecular weight is 260 g/mol. The highest BCUT2D eigenvalue weighted by Crippen LogP contribution is 2.33. The number of amides is 1. The van der Waals surface area contributed by atoms with Crippen molar-refractivity contribution >= 4 is 17.6 Å². The highest BCUT2D eigenvalue weighted by Gasteiger charge is 2.42. The molecule has 2 aliphatic rings. The third-order valence-electron chi connectivity index (χ3n) is 4.04. The molecule has 100 valence electrons. The molecule has 2 saturated heterocycles. The van der Waals surface area contributed by atoms with Crippen LogP contribution in [0.5, 0.6) is 0 Å². The summed E-state index contributed by atoms with van der Waals surface area (Å²) in [4.78, 5) is 22.9. The quantitative estimate of drug-likeness (QED) is 0.769. The molecule has 1 aromatic rings. The van der Waals surface area contributed by atoms with Gasteiger partial charge in [-0.2, -0.15) is 0 Å². The minimum absolute atomic E-state index is 0.0303. The first kappa shape index (κ1) is 12.2. The van der Waals surface area contributed by atoms with E-state index in [9.17, 15) is 9.59 Å². The second-order valence-corrected chi connectivity index (χ2v) is 5.26. The topological polar surface area (TPSA) is 78.4 Å². The van der Waals surface area contributed by atoms with Crippen LogP contribution in [0.4, 0.5) is 5.69 Å². The monoisotopic (exact) mass is 260 g/mol. The largest absolute Gasteiger partial charge is 0.478 e. The van der Waals surface area contributed by atoms with Crippen molar-refractivity contribution in [2.24, 2.45) is 5.92 Å². The second-order valence-electron chi connectivity index (χ2n) is 5.26. The van der Waals surface area contributed by atoms with Gasteiger partial charge in [0.2, 0.25) is 5.91 Å². The third kappa shape index (κ3) is 2.33. The molecule has 2 bridgehead atoms. The first-order valence-corrected chi connectivity index (χ1v) is 6.54. The van der Waals surface area contributed by atoms with E-state index < -0.39 is 5.97 Å². The number of fused-ring (bicyclic) bond motifs is 2. The van der Waals surface area contributed by atoms with Crippen LogP contribution in [0.25, 0.3) is 0 Å². The van der Waals surface area contributed by atoms with Crippen LogP contribution in [0.2, 0.25) is 0 Å². The molecule has 2 fully saturated rings. The summed E-state index contributed by atoms with van der Waals surface area (Å²) >= 11 is 0. The summed E-state index contributed by atoms with van der Waals surface area (Å²) in [6.45, 7) is 0. The number of carboxylic acid groups (broad SMARTS) is 1. The maximum atomic E-state index is 12.2. The lowest BCUT2D eigenvalue weighted by molar-refractivity contribution is -0.120.